The average Bonchev–Trinajstić information content (AvgIpc) is 2.68. The number of aryl methyl sites for hydroxylation is 1. The maximum Gasteiger partial charge on any atom is 0.443 e. The summed E-state index contributed by atoms with van der Waals surface area (Å²) in [4.78, 5) is 12.2. The van der Waals surface area contributed by atoms with Crippen LogP contribution in [0.25, 0.3) is 6.08 Å². The van der Waals surface area contributed by atoms with Gasteiger partial charge < -0.3 is 9.47 Å². The van der Waals surface area contributed by atoms with Crippen molar-refractivity contribution in [2.45, 2.75) is 44.9 Å². The second-order valence-electron chi connectivity index (χ2n) is 6.96. The Morgan fingerprint density at radius 2 is 1.83 bits per heavy atom. The number of hydrogen-bond donors (Lipinski definition) is 0. The van der Waals surface area contributed by atoms with E-state index in [9.17, 15) is 18.0 Å². The van der Waals surface area contributed by atoms with Crippen LogP contribution in [0.3, 0.4) is 0 Å². The van der Waals surface area contributed by atoms with Crippen molar-refractivity contribution in [3.63, 3.8) is 0 Å². The second-order valence-corrected chi connectivity index (χ2v) is 6.96. The van der Waals surface area contributed by atoms with E-state index >= 15 is 0 Å². The van der Waals surface area contributed by atoms with Crippen molar-refractivity contribution in [1.29, 1.82) is 0 Å². The Labute approximate surface area is 168 Å². The minimum Gasteiger partial charge on any atom is -0.463 e. The van der Waals surface area contributed by atoms with Crippen molar-refractivity contribution in [2.24, 2.45) is 0 Å². The number of fused-ring (bicyclic) bond motifs is 1. The van der Waals surface area contributed by atoms with Crippen LogP contribution in [-0.4, -0.2) is 24.4 Å². The summed E-state index contributed by atoms with van der Waals surface area (Å²) in [5.41, 5.74) is 0.371. The first-order valence-corrected chi connectivity index (χ1v) is 9.62. The van der Waals surface area contributed by atoms with Crippen LogP contribution >= 0.6 is 0 Å². The number of carbonyl (C=O) groups is 1. The highest BCUT2D eigenvalue weighted by Gasteiger charge is 2.64. The fraction of sp³-hybridized carbons (Fsp3) is 0.348. The molecule has 0 spiro atoms. The van der Waals surface area contributed by atoms with Crippen LogP contribution in [0.2, 0.25) is 0 Å². The monoisotopic (exact) mass is 404 g/mol. The summed E-state index contributed by atoms with van der Waals surface area (Å²) in [6.07, 6.45) is -0.634. The quantitative estimate of drug-likeness (QED) is 0.597. The lowest BCUT2D eigenvalue weighted by Gasteiger charge is -2.34. The molecule has 0 saturated heterocycles. The second kappa shape index (κ2) is 8.31. The predicted molar refractivity (Wildman–Crippen MR) is 105 cm³/mol. The van der Waals surface area contributed by atoms with Gasteiger partial charge in [0, 0.05) is 5.56 Å². The van der Waals surface area contributed by atoms with E-state index in [1.165, 1.54) is 13.0 Å². The third kappa shape index (κ3) is 4.16. The lowest BCUT2D eigenvalue weighted by molar-refractivity contribution is -0.238. The van der Waals surface area contributed by atoms with Gasteiger partial charge in [-0.3, -0.25) is 0 Å². The molecule has 0 bridgehead atoms. The van der Waals surface area contributed by atoms with Crippen molar-refractivity contribution in [3.8, 4) is 5.75 Å². The zero-order valence-electron chi connectivity index (χ0n) is 16.4. The van der Waals surface area contributed by atoms with Crippen molar-refractivity contribution >= 4 is 12.0 Å². The molecule has 1 aliphatic heterocycles. The standard InChI is InChI=1S/C23H23F3O3/c1-3-8-17-14-18-11-12-22(23(24,25)26,21(27)28-4-2)29-20(18)15-19(17)13-16-9-6-5-7-10-16/h5-7,9-12,14-15H,3-4,8,13H2,1-2H3. The van der Waals surface area contributed by atoms with E-state index in [0.29, 0.717) is 12.0 Å². The highest BCUT2D eigenvalue weighted by molar-refractivity contribution is 5.87. The van der Waals surface area contributed by atoms with Crippen LogP contribution in [-0.2, 0) is 22.4 Å². The van der Waals surface area contributed by atoms with E-state index in [1.54, 1.807) is 6.07 Å². The fourth-order valence-electron chi connectivity index (χ4n) is 3.42. The molecule has 3 nitrogen and oxygen atoms in total. The van der Waals surface area contributed by atoms with Gasteiger partial charge in [0.1, 0.15) is 5.75 Å². The van der Waals surface area contributed by atoms with Crippen molar-refractivity contribution in [2.75, 3.05) is 6.61 Å². The number of rotatable bonds is 6. The molecule has 2 aromatic rings. The molecule has 0 aliphatic carbocycles. The number of esters is 1. The molecule has 0 N–H and O–H groups in total. The van der Waals surface area contributed by atoms with E-state index in [0.717, 1.165) is 35.6 Å². The third-order valence-electron chi connectivity index (χ3n) is 4.86. The van der Waals surface area contributed by atoms with E-state index in [4.69, 9.17) is 4.74 Å². The molecule has 1 atom stereocenters. The Morgan fingerprint density at radius 1 is 1.10 bits per heavy atom. The Kier molecular flexibility index (Phi) is 6.01. The summed E-state index contributed by atoms with van der Waals surface area (Å²) in [5.74, 6) is -1.43. The van der Waals surface area contributed by atoms with Gasteiger partial charge in [0.05, 0.1) is 6.61 Å². The molecule has 2 aromatic carbocycles. The number of hydrogen-bond acceptors (Lipinski definition) is 3. The topological polar surface area (TPSA) is 35.5 Å². The smallest absolute Gasteiger partial charge is 0.443 e. The molecule has 6 heteroatoms. The van der Waals surface area contributed by atoms with E-state index in [-0.39, 0.29) is 12.4 Å². The maximum absolute atomic E-state index is 13.8. The minimum atomic E-state index is -4.95. The van der Waals surface area contributed by atoms with Gasteiger partial charge in [-0.2, -0.15) is 13.2 Å². The summed E-state index contributed by atoms with van der Waals surface area (Å²) < 4.78 is 51.5. The van der Waals surface area contributed by atoms with E-state index in [1.807, 2.05) is 43.3 Å². The minimum absolute atomic E-state index is 0.0312. The summed E-state index contributed by atoms with van der Waals surface area (Å²) >= 11 is 0. The number of alkyl halides is 3. The van der Waals surface area contributed by atoms with Gasteiger partial charge in [0.15, 0.2) is 0 Å². The van der Waals surface area contributed by atoms with E-state index < -0.39 is 17.7 Å². The molecule has 154 valence electrons. The zero-order valence-corrected chi connectivity index (χ0v) is 16.4. The van der Waals surface area contributed by atoms with Gasteiger partial charge >= 0.3 is 17.7 Å². The molecule has 1 aliphatic rings. The average molecular weight is 404 g/mol. The highest BCUT2D eigenvalue weighted by atomic mass is 19.4. The Hall–Kier alpha value is -2.76. The van der Waals surface area contributed by atoms with Crippen molar-refractivity contribution in [1.82, 2.24) is 0 Å². The summed E-state index contributed by atoms with van der Waals surface area (Å²) in [6.45, 7) is 3.33. The van der Waals surface area contributed by atoms with E-state index in [2.05, 4.69) is 4.74 Å². The highest BCUT2D eigenvalue weighted by Crippen LogP contribution is 2.43. The Balaban J connectivity index is 2.05. The largest absolute Gasteiger partial charge is 0.463 e. The molecule has 1 unspecified atom stereocenters. The molecular weight excluding hydrogens is 381 g/mol. The zero-order chi connectivity index (χ0) is 21.1. The molecule has 3 rings (SSSR count). The molecule has 0 saturated carbocycles. The summed E-state index contributed by atoms with van der Waals surface area (Å²) in [7, 11) is 0. The number of ether oxygens (including phenoxy) is 2. The fourth-order valence-corrected chi connectivity index (χ4v) is 3.42. The number of halogens is 3. The Morgan fingerprint density at radius 3 is 2.45 bits per heavy atom. The molecule has 0 fully saturated rings. The maximum atomic E-state index is 13.8. The molecule has 0 radical (unpaired) electrons. The van der Waals surface area contributed by atoms with Gasteiger partial charge in [-0.1, -0.05) is 49.8 Å². The lowest BCUT2D eigenvalue weighted by Crippen LogP contribution is -2.56. The summed E-state index contributed by atoms with van der Waals surface area (Å²) in [6, 6.07) is 13.1. The van der Waals surface area contributed by atoms with Gasteiger partial charge in [0.25, 0.3) is 0 Å². The Bertz CT molecular complexity index is 904. The van der Waals surface area contributed by atoms with Crippen molar-refractivity contribution in [3.05, 3.63) is 70.8 Å². The predicted octanol–water partition coefficient (Wildman–Crippen LogP) is 5.50. The molecule has 0 aromatic heterocycles. The van der Waals surface area contributed by atoms with Gasteiger partial charge in [-0.05, 0) is 54.7 Å². The van der Waals surface area contributed by atoms with Crippen molar-refractivity contribution < 1.29 is 27.4 Å². The normalized spacial score (nSPS) is 18.1. The SMILES string of the molecule is CCCc1cc2c(cc1Cc1ccccc1)OC(C(=O)OCC)(C(F)(F)F)C=C2. The summed E-state index contributed by atoms with van der Waals surface area (Å²) in [5, 5.41) is 0. The molecular formula is C23H23F3O3. The van der Waals surface area contributed by atoms with Crippen LogP contribution in [0.15, 0.2) is 48.5 Å². The first-order valence-electron chi connectivity index (χ1n) is 9.62. The molecule has 1 heterocycles. The first kappa shape index (κ1) is 21.0. The third-order valence-corrected chi connectivity index (χ3v) is 4.86. The van der Waals surface area contributed by atoms with Crippen LogP contribution in [0, 0.1) is 0 Å². The van der Waals surface area contributed by atoms with Crippen LogP contribution in [0.4, 0.5) is 13.2 Å². The van der Waals surface area contributed by atoms with Gasteiger partial charge in [-0.15, -0.1) is 0 Å². The molecule has 29 heavy (non-hydrogen) atoms. The van der Waals surface area contributed by atoms with Crippen LogP contribution in [0.1, 0.15) is 42.5 Å². The number of benzene rings is 2. The number of carbonyl (C=O) groups excluding carboxylic acids is 1. The first-order chi connectivity index (χ1) is 13.8. The van der Waals surface area contributed by atoms with Crippen LogP contribution < -0.4 is 4.74 Å². The van der Waals surface area contributed by atoms with Gasteiger partial charge in [0.2, 0.25) is 0 Å². The molecule has 0 amide bonds. The lowest BCUT2D eigenvalue weighted by atomic mass is 9.91. The van der Waals surface area contributed by atoms with Gasteiger partial charge in [-0.25, -0.2) is 4.79 Å². The van der Waals surface area contributed by atoms with Crippen LogP contribution in [0.5, 0.6) is 5.75 Å².